The van der Waals surface area contributed by atoms with E-state index in [1.165, 1.54) is 28.2 Å². The van der Waals surface area contributed by atoms with Gasteiger partial charge in [0, 0.05) is 15.8 Å². The molecule has 28 heavy (non-hydrogen) atoms. The minimum atomic E-state index is -0.421. The van der Waals surface area contributed by atoms with Gasteiger partial charge in [-0.05, 0) is 45.8 Å². The Kier molecular flexibility index (Phi) is 4.04. The van der Waals surface area contributed by atoms with Gasteiger partial charge < -0.3 is 5.32 Å². The molecule has 0 spiro atoms. The number of hydrogen-bond donors (Lipinski definition) is 1. The number of nitrogens with one attached hydrogen (secondary N) is 1. The van der Waals surface area contributed by atoms with Gasteiger partial charge in [0.2, 0.25) is 0 Å². The highest BCUT2D eigenvalue weighted by atomic mass is 35.5. The Morgan fingerprint density at radius 1 is 0.893 bits per heavy atom. The minimum absolute atomic E-state index is 0.155. The normalized spacial score (nSPS) is 11.4. The maximum absolute atomic E-state index is 14.0. The number of rotatable bonds is 2. The molecule has 136 valence electrons. The highest BCUT2D eigenvalue weighted by Gasteiger charge is 2.19. The Bertz CT molecular complexity index is 1390. The van der Waals surface area contributed by atoms with E-state index in [1.54, 1.807) is 12.1 Å². The molecule has 0 bridgehead atoms. The molecule has 0 atom stereocenters. The third kappa shape index (κ3) is 2.73. The molecule has 5 heteroatoms. The van der Waals surface area contributed by atoms with Gasteiger partial charge in [-0.25, -0.2) is 4.39 Å². The van der Waals surface area contributed by atoms with E-state index in [2.05, 4.69) is 23.5 Å². The molecule has 0 saturated carbocycles. The van der Waals surface area contributed by atoms with E-state index < -0.39 is 5.82 Å². The molecule has 1 aromatic heterocycles. The molecular formula is C23H13ClFNOS. The van der Waals surface area contributed by atoms with Crippen molar-refractivity contribution in [3.8, 4) is 0 Å². The maximum Gasteiger partial charge on any atom is 0.267 e. The molecule has 0 radical (unpaired) electrons. The van der Waals surface area contributed by atoms with Crippen LogP contribution in [0, 0.1) is 5.82 Å². The Morgan fingerprint density at radius 2 is 1.68 bits per heavy atom. The van der Waals surface area contributed by atoms with Crippen LogP contribution in [0.15, 0.2) is 72.8 Å². The molecule has 0 fully saturated rings. The first-order chi connectivity index (χ1) is 13.6. The lowest BCUT2D eigenvalue weighted by Crippen LogP contribution is -2.10. The summed E-state index contributed by atoms with van der Waals surface area (Å²) in [7, 11) is 0. The second-order valence-corrected chi connectivity index (χ2v) is 7.97. The van der Waals surface area contributed by atoms with Gasteiger partial charge in [0.25, 0.3) is 5.91 Å². The van der Waals surface area contributed by atoms with Crippen LogP contribution in [-0.2, 0) is 0 Å². The molecule has 1 heterocycles. The van der Waals surface area contributed by atoms with Gasteiger partial charge in [0.15, 0.2) is 0 Å². The van der Waals surface area contributed by atoms with Crippen molar-refractivity contribution in [1.82, 2.24) is 0 Å². The summed E-state index contributed by atoms with van der Waals surface area (Å²) in [4.78, 5) is 13.1. The molecule has 0 aliphatic heterocycles. The first-order valence-corrected chi connectivity index (χ1v) is 9.90. The SMILES string of the molecule is O=C(Nc1ccc2c(ccc3ccccc32)c1)c1sc2cccc(F)c2c1Cl. The number of amides is 1. The largest absolute Gasteiger partial charge is 0.321 e. The quantitative estimate of drug-likeness (QED) is 0.308. The molecule has 0 aliphatic rings. The van der Waals surface area contributed by atoms with Gasteiger partial charge in [0.05, 0.1) is 5.02 Å². The van der Waals surface area contributed by atoms with Crippen molar-refractivity contribution in [2.45, 2.75) is 0 Å². The van der Waals surface area contributed by atoms with E-state index in [1.807, 2.05) is 36.4 Å². The van der Waals surface area contributed by atoms with Crippen LogP contribution >= 0.6 is 22.9 Å². The standard InChI is InChI=1S/C23H13ClFNOS/c24-21-20-18(25)6-3-7-19(20)28-22(21)23(27)26-15-10-11-17-14(12-15)9-8-13-4-1-2-5-16(13)17/h1-12H,(H,26,27). The number of thiophene rings is 1. The number of hydrogen-bond acceptors (Lipinski definition) is 2. The molecule has 0 saturated heterocycles. The van der Waals surface area contributed by atoms with Crippen molar-refractivity contribution in [2.24, 2.45) is 0 Å². The van der Waals surface area contributed by atoms with Gasteiger partial charge in [-0.2, -0.15) is 0 Å². The summed E-state index contributed by atoms with van der Waals surface area (Å²) in [5, 5.41) is 7.83. The molecule has 1 N–H and O–H groups in total. The lowest BCUT2D eigenvalue weighted by Gasteiger charge is -2.08. The van der Waals surface area contributed by atoms with Crippen LogP contribution < -0.4 is 5.32 Å². The number of benzene rings is 4. The van der Waals surface area contributed by atoms with E-state index in [4.69, 9.17) is 11.6 Å². The maximum atomic E-state index is 14.0. The van der Waals surface area contributed by atoms with Crippen LogP contribution in [0.3, 0.4) is 0 Å². The van der Waals surface area contributed by atoms with Crippen molar-refractivity contribution < 1.29 is 9.18 Å². The molecule has 0 unspecified atom stereocenters. The molecule has 0 aliphatic carbocycles. The van der Waals surface area contributed by atoms with Crippen molar-refractivity contribution in [3.63, 3.8) is 0 Å². The second-order valence-electron chi connectivity index (χ2n) is 6.53. The number of carbonyl (C=O) groups excluding carboxylic acids is 1. The van der Waals surface area contributed by atoms with Gasteiger partial charge in [-0.3, -0.25) is 4.79 Å². The molecular weight excluding hydrogens is 393 g/mol. The van der Waals surface area contributed by atoms with Crippen molar-refractivity contribution >= 4 is 66.2 Å². The van der Waals surface area contributed by atoms with E-state index in [-0.39, 0.29) is 10.9 Å². The van der Waals surface area contributed by atoms with Crippen LogP contribution in [0.2, 0.25) is 5.02 Å². The number of anilines is 1. The summed E-state index contributed by atoms with van der Waals surface area (Å²) in [5.41, 5.74) is 0.668. The third-order valence-electron chi connectivity index (χ3n) is 4.82. The van der Waals surface area contributed by atoms with Gasteiger partial charge in [-0.1, -0.05) is 60.1 Å². The summed E-state index contributed by atoms with van der Waals surface area (Å²) in [6.07, 6.45) is 0. The first kappa shape index (κ1) is 17.2. The first-order valence-electron chi connectivity index (χ1n) is 8.71. The summed E-state index contributed by atoms with van der Waals surface area (Å²) in [5.74, 6) is -0.763. The number of halogens is 2. The lowest BCUT2D eigenvalue weighted by molar-refractivity contribution is 0.103. The number of carbonyl (C=O) groups is 1. The Morgan fingerprint density at radius 3 is 2.54 bits per heavy atom. The predicted molar refractivity (Wildman–Crippen MR) is 116 cm³/mol. The van der Waals surface area contributed by atoms with Crippen LogP contribution in [0.1, 0.15) is 9.67 Å². The molecule has 4 aromatic carbocycles. The van der Waals surface area contributed by atoms with Gasteiger partial charge in [0.1, 0.15) is 10.7 Å². The predicted octanol–water partition coefficient (Wildman–Crippen LogP) is 7.25. The topological polar surface area (TPSA) is 29.1 Å². The zero-order valence-corrected chi connectivity index (χ0v) is 16.1. The summed E-state index contributed by atoms with van der Waals surface area (Å²) < 4.78 is 14.7. The van der Waals surface area contributed by atoms with E-state index >= 15 is 0 Å². The Labute approximate surface area is 169 Å². The summed E-state index contributed by atoms with van der Waals surface area (Å²) in [6.45, 7) is 0. The van der Waals surface area contributed by atoms with Crippen molar-refractivity contribution in [3.05, 3.63) is 88.5 Å². The Hall–Kier alpha value is -2.95. The summed E-state index contributed by atoms with van der Waals surface area (Å²) >= 11 is 7.48. The van der Waals surface area contributed by atoms with Crippen molar-refractivity contribution in [1.29, 1.82) is 0 Å². The Balaban J connectivity index is 1.53. The lowest BCUT2D eigenvalue weighted by atomic mass is 10.0. The zero-order valence-electron chi connectivity index (χ0n) is 14.5. The average molecular weight is 406 g/mol. The van der Waals surface area contributed by atoms with Crippen molar-refractivity contribution in [2.75, 3.05) is 5.32 Å². The monoisotopic (exact) mass is 405 g/mol. The van der Waals surface area contributed by atoms with E-state index in [0.717, 1.165) is 10.8 Å². The van der Waals surface area contributed by atoms with Crippen LogP contribution in [0.5, 0.6) is 0 Å². The minimum Gasteiger partial charge on any atom is -0.321 e. The molecule has 5 rings (SSSR count). The fraction of sp³-hybridized carbons (Fsp3) is 0. The average Bonchev–Trinajstić information content (AvgIpc) is 3.05. The third-order valence-corrected chi connectivity index (χ3v) is 6.46. The highest BCUT2D eigenvalue weighted by Crippen LogP contribution is 2.37. The fourth-order valence-corrected chi connectivity index (χ4v) is 4.95. The van der Waals surface area contributed by atoms with Crippen LogP contribution in [0.4, 0.5) is 10.1 Å². The van der Waals surface area contributed by atoms with Crippen LogP contribution in [-0.4, -0.2) is 5.91 Å². The van der Waals surface area contributed by atoms with Gasteiger partial charge in [-0.15, -0.1) is 11.3 Å². The smallest absolute Gasteiger partial charge is 0.267 e. The summed E-state index contributed by atoms with van der Waals surface area (Å²) in [6, 6.07) is 22.8. The highest BCUT2D eigenvalue weighted by molar-refractivity contribution is 7.21. The second kappa shape index (κ2) is 6.59. The number of fused-ring (bicyclic) bond motifs is 4. The van der Waals surface area contributed by atoms with Crippen LogP contribution in [0.25, 0.3) is 31.6 Å². The molecule has 2 nitrogen and oxygen atoms in total. The van der Waals surface area contributed by atoms with Gasteiger partial charge >= 0.3 is 0 Å². The molecule has 5 aromatic rings. The van der Waals surface area contributed by atoms with E-state index in [9.17, 15) is 9.18 Å². The van der Waals surface area contributed by atoms with E-state index in [0.29, 0.717) is 20.7 Å². The fourth-order valence-electron chi connectivity index (χ4n) is 3.50. The zero-order chi connectivity index (χ0) is 19.3. The molecule has 1 amide bonds.